The van der Waals surface area contributed by atoms with Gasteiger partial charge < -0.3 is 15.4 Å². The van der Waals surface area contributed by atoms with Crippen LogP contribution in [0.4, 0.5) is 18.9 Å². The number of para-hydroxylation sites is 2. The smallest absolute Gasteiger partial charge is 0.404 e. The van der Waals surface area contributed by atoms with Gasteiger partial charge >= 0.3 is 6.36 Å². The van der Waals surface area contributed by atoms with Crippen LogP contribution >= 0.6 is 0 Å². The second kappa shape index (κ2) is 6.86. The molecule has 2 N–H and O–H groups in total. The zero-order chi connectivity index (χ0) is 14.3. The predicted octanol–water partition coefficient (Wildman–Crippen LogP) is 2.52. The number of hydrogen-bond acceptors (Lipinski definition) is 3. The molecule has 0 aromatic heterocycles. The Morgan fingerprint density at radius 3 is 2.63 bits per heavy atom. The van der Waals surface area contributed by atoms with Gasteiger partial charge in [0.15, 0.2) is 5.75 Å². The van der Waals surface area contributed by atoms with Crippen molar-refractivity contribution in [2.24, 2.45) is 0 Å². The van der Waals surface area contributed by atoms with Crippen LogP contribution in [0.5, 0.6) is 5.75 Å². The van der Waals surface area contributed by atoms with Crippen molar-refractivity contribution in [1.82, 2.24) is 5.32 Å². The third-order valence-electron chi connectivity index (χ3n) is 2.15. The maximum Gasteiger partial charge on any atom is 0.573 e. The first-order valence-electron chi connectivity index (χ1n) is 5.77. The van der Waals surface area contributed by atoms with Crippen molar-refractivity contribution in [2.75, 3.05) is 18.4 Å². The molecule has 106 valence electrons. The molecule has 19 heavy (non-hydrogen) atoms. The summed E-state index contributed by atoms with van der Waals surface area (Å²) in [5, 5.41) is 5.33. The van der Waals surface area contributed by atoms with E-state index in [1.165, 1.54) is 18.2 Å². The fourth-order valence-electron chi connectivity index (χ4n) is 1.42. The summed E-state index contributed by atoms with van der Waals surface area (Å²) in [6.45, 7) is 2.54. The number of carbonyl (C=O) groups excluding carboxylic acids is 1. The lowest BCUT2D eigenvalue weighted by Gasteiger charge is -2.14. The fraction of sp³-hybridized carbons (Fsp3) is 0.417. The molecule has 0 atom stereocenters. The number of amides is 1. The Morgan fingerprint density at radius 1 is 1.32 bits per heavy atom. The molecular weight excluding hydrogens is 261 g/mol. The predicted molar refractivity (Wildman–Crippen MR) is 64.9 cm³/mol. The fourth-order valence-corrected chi connectivity index (χ4v) is 1.42. The first-order valence-corrected chi connectivity index (χ1v) is 5.77. The molecule has 0 unspecified atom stereocenters. The maximum atomic E-state index is 12.2. The van der Waals surface area contributed by atoms with Crippen LogP contribution in [0.1, 0.15) is 13.3 Å². The van der Waals surface area contributed by atoms with E-state index in [9.17, 15) is 18.0 Å². The highest BCUT2D eigenvalue weighted by molar-refractivity contribution is 5.76. The van der Waals surface area contributed by atoms with E-state index in [1.807, 2.05) is 0 Å². The standard InChI is InChI=1S/C12H15F3N2O2/c1-2-16-11(18)7-8-17-9-5-3-4-6-10(9)19-12(13,14)15/h3-6,17H,2,7-8H2,1H3,(H,16,18). The average molecular weight is 276 g/mol. The highest BCUT2D eigenvalue weighted by Gasteiger charge is 2.32. The topological polar surface area (TPSA) is 50.4 Å². The van der Waals surface area contributed by atoms with Gasteiger partial charge in [-0.2, -0.15) is 0 Å². The molecule has 0 saturated heterocycles. The number of hydrogen-bond donors (Lipinski definition) is 2. The molecule has 0 spiro atoms. The van der Waals surface area contributed by atoms with E-state index in [0.717, 1.165) is 0 Å². The molecular formula is C12H15F3N2O2. The van der Waals surface area contributed by atoms with Crippen LogP contribution in [0.3, 0.4) is 0 Å². The summed E-state index contributed by atoms with van der Waals surface area (Å²) < 4.78 is 40.3. The minimum absolute atomic E-state index is 0.163. The molecule has 1 aromatic carbocycles. The highest BCUT2D eigenvalue weighted by atomic mass is 19.4. The molecule has 7 heteroatoms. The molecule has 0 aliphatic rings. The van der Waals surface area contributed by atoms with Crippen LogP contribution in [0.25, 0.3) is 0 Å². The molecule has 0 radical (unpaired) electrons. The largest absolute Gasteiger partial charge is 0.573 e. The van der Waals surface area contributed by atoms with Gasteiger partial charge in [0, 0.05) is 19.5 Å². The van der Waals surface area contributed by atoms with Crippen molar-refractivity contribution in [3.8, 4) is 5.75 Å². The molecule has 0 saturated carbocycles. The van der Waals surface area contributed by atoms with Gasteiger partial charge in [-0.05, 0) is 19.1 Å². The Kier molecular flexibility index (Phi) is 5.47. The summed E-state index contributed by atoms with van der Waals surface area (Å²) >= 11 is 0. The Balaban J connectivity index is 2.56. The normalized spacial score (nSPS) is 10.9. The monoisotopic (exact) mass is 276 g/mol. The molecule has 1 aromatic rings. The SMILES string of the molecule is CCNC(=O)CCNc1ccccc1OC(F)(F)F. The third kappa shape index (κ3) is 5.98. The molecule has 0 aliphatic heterocycles. The van der Waals surface area contributed by atoms with Gasteiger partial charge in [-0.25, -0.2) is 0 Å². The number of benzene rings is 1. The zero-order valence-electron chi connectivity index (χ0n) is 10.4. The molecule has 0 fully saturated rings. The molecule has 1 rings (SSSR count). The van der Waals surface area contributed by atoms with Crippen molar-refractivity contribution >= 4 is 11.6 Å². The molecule has 0 heterocycles. The number of halogens is 3. The van der Waals surface area contributed by atoms with Crippen molar-refractivity contribution in [3.05, 3.63) is 24.3 Å². The van der Waals surface area contributed by atoms with Crippen LogP contribution in [0, 0.1) is 0 Å². The Hall–Kier alpha value is -1.92. The number of rotatable bonds is 6. The maximum absolute atomic E-state index is 12.2. The quantitative estimate of drug-likeness (QED) is 0.839. The van der Waals surface area contributed by atoms with Crippen molar-refractivity contribution < 1.29 is 22.7 Å². The lowest BCUT2D eigenvalue weighted by atomic mass is 10.3. The van der Waals surface area contributed by atoms with Gasteiger partial charge in [0.25, 0.3) is 0 Å². The number of ether oxygens (including phenoxy) is 1. The van der Waals surface area contributed by atoms with E-state index in [0.29, 0.717) is 6.54 Å². The third-order valence-corrected chi connectivity index (χ3v) is 2.15. The van der Waals surface area contributed by atoms with Gasteiger partial charge in [-0.15, -0.1) is 13.2 Å². The molecule has 0 aliphatic carbocycles. The van der Waals surface area contributed by atoms with E-state index >= 15 is 0 Å². The summed E-state index contributed by atoms with van der Waals surface area (Å²) in [6.07, 6.45) is -4.56. The Morgan fingerprint density at radius 2 is 2.00 bits per heavy atom. The summed E-state index contributed by atoms with van der Waals surface area (Å²) in [5.74, 6) is -0.477. The summed E-state index contributed by atoms with van der Waals surface area (Å²) in [7, 11) is 0. The van der Waals surface area contributed by atoms with Gasteiger partial charge in [0.05, 0.1) is 5.69 Å². The van der Waals surface area contributed by atoms with E-state index in [1.54, 1.807) is 13.0 Å². The van der Waals surface area contributed by atoms with Crippen LogP contribution in [0.2, 0.25) is 0 Å². The highest BCUT2D eigenvalue weighted by Crippen LogP contribution is 2.29. The van der Waals surface area contributed by atoms with E-state index in [-0.39, 0.29) is 30.3 Å². The number of carbonyl (C=O) groups is 1. The lowest BCUT2D eigenvalue weighted by Crippen LogP contribution is -2.25. The van der Waals surface area contributed by atoms with Gasteiger partial charge in [0.2, 0.25) is 5.91 Å². The van der Waals surface area contributed by atoms with Gasteiger partial charge in [-0.3, -0.25) is 4.79 Å². The summed E-state index contributed by atoms with van der Waals surface area (Å²) in [5.41, 5.74) is 0.198. The molecule has 0 bridgehead atoms. The Bertz CT molecular complexity index is 422. The minimum atomic E-state index is -4.74. The van der Waals surface area contributed by atoms with Crippen molar-refractivity contribution in [3.63, 3.8) is 0 Å². The van der Waals surface area contributed by atoms with E-state index < -0.39 is 6.36 Å². The van der Waals surface area contributed by atoms with E-state index in [2.05, 4.69) is 15.4 Å². The summed E-state index contributed by atoms with van der Waals surface area (Å²) in [4.78, 5) is 11.2. The van der Waals surface area contributed by atoms with Gasteiger partial charge in [-0.1, -0.05) is 12.1 Å². The Labute approximate surface area is 108 Å². The zero-order valence-corrected chi connectivity index (χ0v) is 10.4. The first-order chi connectivity index (χ1) is 8.92. The lowest BCUT2D eigenvalue weighted by molar-refractivity contribution is -0.274. The van der Waals surface area contributed by atoms with Crippen LogP contribution in [-0.2, 0) is 4.79 Å². The molecule has 4 nitrogen and oxygen atoms in total. The van der Waals surface area contributed by atoms with Crippen molar-refractivity contribution in [1.29, 1.82) is 0 Å². The average Bonchev–Trinajstić information content (AvgIpc) is 2.30. The minimum Gasteiger partial charge on any atom is -0.404 e. The first kappa shape index (κ1) is 15.1. The van der Waals surface area contributed by atoms with Crippen LogP contribution < -0.4 is 15.4 Å². The van der Waals surface area contributed by atoms with E-state index in [4.69, 9.17) is 0 Å². The van der Waals surface area contributed by atoms with Crippen molar-refractivity contribution in [2.45, 2.75) is 19.7 Å². The van der Waals surface area contributed by atoms with Gasteiger partial charge in [0.1, 0.15) is 0 Å². The second-order valence-corrected chi connectivity index (χ2v) is 3.67. The second-order valence-electron chi connectivity index (χ2n) is 3.67. The number of alkyl halides is 3. The summed E-state index contributed by atoms with van der Waals surface area (Å²) in [6, 6.07) is 5.69. The number of anilines is 1. The van der Waals surface area contributed by atoms with Crippen LogP contribution in [0.15, 0.2) is 24.3 Å². The number of nitrogens with one attached hydrogen (secondary N) is 2. The van der Waals surface area contributed by atoms with Crippen LogP contribution in [-0.4, -0.2) is 25.4 Å². The molecule has 1 amide bonds.